The quantitative estimate of drug-likeness (QED) is 0.278. The third-order valence-electron chi connectivity index (χ3n) is 5.76. The fourth-order valence-electron chi connectivity index (χ4n) is 3.82. The molecule has 3 aromatic rings. The van der Waals surface area contributed by atoms with E-state index in [-0.39, 0.29) is 29.9 Å². The van der Waals surface area contributed by atoms with Crippen LogP contribution in [0.1, 0.15) is 43.4 Å². The van der Waals surface area contributed by atoms with Gasteiger partial charge in [0.15, 0.2) is 0 Å². The standard InChI is InChI=1S/C28H28F4O4/c1-3-19-16-22(11-8-20(19)9-13-27(33)34)35-15-14-18(2)36-26-12-10-21(28(30,31)32)17-24(26)23-6-4-5-7-25(23)29/h4-8,10-12,16-18H,3,9,13-15H2,1-2H3,(H,33,34)/t18-/m1/s1. The van der Waals surface area contributed by atoms with Crippen LogP contribution >= 0.6 is 0 Å². The number of rotatable bonds is 11. The second kappa shape index (κ2) is 11.9. The number of hydrogen-bond acceptors (Lipinski definition) is 3. The molecule has 0 saturated carbocycles. The minimum absolute atomic E-state index is 0.0251. The van der Waals surface area contributed by atoms with Gasteiger partial charge >= 0.3 is 12.1 Å². The first-order valence-electron chi connectivity index (χ1n) is 11.7. The van der Waals surface area contributed by atoms with Crippen molar-refractivity contribution in [1.29, 1.82) is 0 Å². The van der Waals surface area contributed by atoms with Gasteiger partial charge in [-0.25, -0.2) is 4.39 Å². The van der Waals surface area contributed by atoms with Gasteiger partial charge in [0.1, 0.15) is 17.3 Å². The predicted octanol–water partition coefficient (Wildman–Crippen LogP) is 7.33. The molecular weight excluding hydrogens is 476 g/mol. The number of carbonyl (C=O) groups is 1. The lowest BCUT2D eigenvalue weighted by molar-refractivity contribution is -0.138. The zero-order chi connectivity index (χ0) is 26.3. The van der Waals surface area contributed by atoms with Gasteiger partial charge < -0.3 is 14.6 Å². The molecule has 0 aliphatic heterocycles. The van der Waals surface area contributed by atoms with Crippen LogP contribution < -0.4 is 9.47 Å². The Morgan fingerprint density at radius 1 is 1.00 bits per heavy atom. The molecule has 36 heavy (non-hydrogen) atoms. The second-order valence-electron chi connectivity index (χ2n) is 8.43. The van der Waals surface area contributed by atoms with Gasteiger partial charge in [-0.15, -0.1) is 0 Å². The summed E-state index contributed by atoms with van der Waals surface area (Å²) >= 11 is 0. The third-order valence-corrected chi connectivity index (χ3v) is 5.76. The molecule has 8 heteroatoms. The Morgan fingerprint density at radius 3 is 2.42 bits per heavy atom. The highest BCUT2D eigenvalue weighted by Crippen LogP contribution is 2.38. The minimum Gasteiger partial charge on any atom is -0.493 e. The lowest BCUT2D eigenvalue weighted by atomic mass is 10.0. The SMILES string of the molecule is CCc1cc(OCC[C@@H](C)Oc2ccc(C(F)(F)F)cc2-c2ccccc2F)ccc1CCC(=O)O. The van der Waals surface area contributed by atoms with Crippen LogP contribution in [0.15, 0.2) is 60.7 Å². The van der Waals surface area contributed by atoms with Gasteiger partial charge in [0.05, 0.1) is 18.3 Å². The molecule has 3 aromatic carbocycles. The molecular formula is C28H28F4O4. The van der Waals surface area contributed by atoms with Crippen molar-refractivity contribution in [2.75, 3.05) is 6.61 Å². The van der Waals surface area contributed by atoms with E-state index in [0.29, 0.717) is 18.6 Å². The summed E-state index contributed by atoms with van der Waals surface area (Å²) in [5, 5.41) is 8.91. The first-order valence-corrected chi connectivity index (χ1v) is 11.7. The van der Waals surface area contributed by atoms with Crippen molar-refractivity contribution in [2.45, 2.75) is 51.8 Å². The molecule has 0 unspecified atom stereocenters. The van der Waals surface area contributed by atoms with Crippen molar-refractivity contribution in [1.82, 2.24) is 0 Å². The maximum atomic E-state index is 14.4. The van der Waals surface area contributed by atoms with Crippen LogP contribution in [0.4, 0.5) is 17.6 Å². The van der Waals surface area contributed by atoms with Crippen molar-refractivity contribution >= 4 is 5.97 Å². The van der Waals surface area contributed by atoms with E-state index < -0.39 is 29.6 Å². The molecule has 0 saturated heterocycles. The van der Waals surface area contributed by atoms with Crippen LogP contribution in [0.5, 0.6) is 11.5 Å². The number of carboxylic acids is 1. The van der Waals surface area contributed by atoms with Gasteiger partial charge in [0.25, 0.3) is 0 Å². The highest BCUT2D eigenvalue weighted by atomic mass is 19.4. The summed E-state index contributed by atoms with van der Waals surface area (Å²) in [6.45, 7) is 4.03. The maximum absolute atomic E-state index is 14.4. The molecule has 1 atom stereocenters. The van der Waals surface area contributed by atoms with Gasteiger partial charge in [-0.2, -0.15) is 13.2 Å². The first kappa shape index (κ1) is 27.0. The van der Waals surface area contributed by atoms with Crippen LogP contribution in [0.3, 0.4) is 0 Å². The Bertz CT molecular complexity index is 1190. The van der Waals surface area contributed by atoms with Crippen molar-refractivity contribution in [3.05, 3.63) is 83.2 Å². The minimum atomic E-state index is -4.57. The predicted molar refractivity (Wildman–Crippen MR) is 129 cm³/mol. The van der Waals surface area contributed by atoms with Crippen LogP contribution in [-0.4, -0.2) is 23.8 Å². The Hall–Kier alpha value is -3.55. The van der Waals surface area contributed by atoms with Gasteiger partial charge in [-0.1, -0.05) is 31.2 Å². The van der Waals surface area contributed by atoms with Gasteiger partial charge in [-0.3, -0.25) is 4.79 Å². The Morgan fingerprint density at radius 2 is 1.75 bits per heavy atom. The Balaban J connectivity index is 1.68. The topological polar surface area (TPSA) is 55.8 Å². The molecule has 1 N–H and O–H groups in total. The van der Waals surface area contributed by atoms with Gasteiger partial charge in [-0.05, 0) is 67.3 Å². The number of ether oxygens (including phenoxy) is 2. The fraction of sp³-hybridized carbons (Fsp3) is 0.321. The van der Waals surface area contributed by atoms with Crippen LogP contribution in [-0.2, 0) is 23.8 Å². The molecule has 0 aliphatic carbocycles. The fourth-order valence-corrected chi connectivity index (χ4v) is 3.82. The van der Waals surface area contributed by atoms with Crippen molar-refractivity contribution in [3.8, 4) is 22.6 Å². The number of hydrogen-bond donors (Lipinski definition) is 1. The lowest BCUT2D eigenvalue weighted by Gasteiger charge is -2.20. The first-order chi connectivity index (χ1) is 17.1. The van der Waals surface area contributed by atoms with E-state index in [1.54, 1.807) is 19.1 Å². The number of benzene rings is 3. The second-order valence-corrected chi connectivity index (χ2v) is 8.43. The lowest BCUT2D eigenvalue weighted by Crippen LogP contribution is -2.17. The van der Waals surface area contributed by atoms with Gasteiger partial charge in [0, 0.05) is 24.0 Å². The molecule has 3 rings (SSSR count). The van der Waals surface area contributed by atoms with E-state index >= 15 is 0 Å². The Kier molecular flexibility index (Phi) is 8.96. The molecule has 0 amide bonds. The van der Waals surface area contributed by atoms with E-state index in [2.05, 4.69) is 0 Å². The van der Waals surface area contributed by atoms with E-state index in [1.165, 1.54) is 24.3 Å². The molecule has 4 nitrogen and oxygen atoms in total. The molecule has 192 valence electrons. The summed E-state index contributed by atoms with van der Waals surface area (Å²) in [7, 11) is 0. The zero-order valence-electron chi connectivity index (χ0n) is 20.1. The smallest absolute Gasteiger partial charge is 0.416 e. The Labute approximate surface area is 207 Å². The molecule has 0 radical (unpaired) electrons. The van der Waals surface area contributed by atoms with Crippen molar-refractivity contribution in [2.24, 2.45) is 0 Å². The molecule has 0 heterocycles. The normalized spacial score (nSPS) is 12.3. The van der Waals surface area contributed by atoms with E-state index in [9.17, 15) is 22.4 Å². The number of aryl methyl sites for hydroxylation is 2. The highest BCUT2D eigenvalue weighted by Gasteiger charge is 2.31. The summed E-state index contributed by atoms with van der Waals surface area (Å²) < 4.78 is 66.0. The third kappa shape index (κ3) is 7.23. The van der Waals surface area contributed by atoms with Crippen LogP contribution in [0, 0.1) is 5.82 Å². The summed E-state index contributed by atoms with van der Waals surface area (Å²) in [4.78, 5) is 10.8. The number of alkyl halides is 3. The van der Waals surface area contributed by atoms with Gasteiger partial charge in [0.2, 0.25) is 0 Å². The molecule has 0 aromatic heterocycles. The summed E-state index contributed by atoms with van der Waals surface area (Å²) in [5.41, 5.74) is 1.14. The molecule has 0 spiro atoms. The van der Waals surface area contributed by atoms with E-state index in [4.69, 9.17) is 14.6 Å². The highest BCUT2D eigenvalue weighted by molar-refractivity contribution is 5.72. The van der Waals surface area contributed by atoms with E-state index in [0.717, 1.165) is 29.7 Å². The summed E-state index contributed by atoms with van der Waals surface area (Å²) in [6.07, 6.45) is -3.33. The number of aliphatic carboxylic acids is 1. The monoisotopic (exact) mass is 504 g/mol. The van der Waals surface area contributed by atoms with E-state index in [1.807, 2.05) is 19.1 Å². The zero-order valence-corrected chi connectivity index (χ0v) is 20.1. The average molecular weight is 505 g/mol. The molecule has 0 aliphatic rings. The van der Waals surface area contributed by atoms with Crippen LogP contribution in [0.25, 0.3) is 11.1 Å². The average Bonchev–Trinajstić information content (AvgIpc) is 2.83. The van der Waals surface area contributed by atoms with Crippen LogP contribution in [0.2, 0.25) is 0 Å². The molecule has 0 bridgehead atoms. The number of halogens is 4. The summed E-state index contributed by atoms with van der Waals surface area (Å²) in [5.74, 6) is -0.704. The number of carboxylic acid groups (broad SMARTS) is 1. The summed E-state index contributed by atoms with van der Waals surface area (Å²) in [6, 6.07) is 14.2. The molecule has 0 fully saturated rings. The van der Waals surface area contributed by atoms with Crippen molar-refractivity contribution in [3.63, 3.8) is 0 Å². The van der Waals surface area contributed by atoms with Crippen molar-refractivity contribution < 1.29 is 36.9 Å². The largest absolute Gasteiger partial charge is 0.493 e. The maximum Gasteiger partial charge on any atom is 0.416 e.